The molecule has 0 aromatic carbocycles. The Morgan fingerprint density at radius 1 is 1.12 bits per heavy atom. The fourth-order valence-electron chi connectivity index (χ4n) is 3.17. The Morgan fingerprint density at radius 3 is 2.76 bits per heavy atom. The van der Waals surface area contributed by atoms with E-state index >= 15 is 0 Å². The molecule has 2 fully saturated rings. The summed E-state index contributed by atoms with van der Waals surface area (Å²) in [6.45, 7) is 7.97. The molecule has 0 bridgehead atoms. The monoisotopic (exact) mass is 239 g/mol. The molecule has 1 saturated heterocycles. The van der Waals surface area contributed by atoms with Gasteiger partial charge < -0.3 is 10.1 Å². The molecule has 0 aromatic rings. The number of hydrogen-bond acceptors (Lipinski definition) is 2. The van der Waals surface area contributed by atoms with E-state index in [1.807, 2.05) is 0 Å². The van der Waals surface area contributed by atoms with Gasteiger partial charge in [0.15, 0.2) is 0 Å². The maximum atomic E-state index is 5.54. The number of rotatable bonds is 3. The Morgan fingerprint density at radius 2 is 2.00 bits per heavy atom. The molecule has 1 saturated carbocycles. The summed E-state index contributed by atoms with van der Waals surface area (Å²) in [5.74, 6) is 0.764. The third kappa shape index (κ3) is 4.59. The van der Waals surface area contributed by atoms with E-state index in [9.17, 15) is 0 Å². The second-order valence-corrected chi connectivity index (χ2v) is 6.78. The minimum Gasteiger partial charge on any atom is -0.381 e. The van der Waals surface area contributed by atoms with Gasteiger partial charge in [-0.25, -0.2) is 0 Å². The summed E-state index contributed by atoms with van der Waals surface area (Å²) in [5, 5.41) is 3.79. The molecular weight excluding hydrogens is 210 g/mol. The molecule has 17 heavy (non-hydrogen) atoms. The van der Waals surface area contributed by atoms with Gasteiger partial charge in [0.05, 0.1) is 6.61 Å². The van der Waals surface area contributed by atoms with E-state index in [1.54, 1.807) is 0 Å². The van der Waals surface area contributed by atoms with Crippen molar-refractivity contribution in [1.29, 1.82) is 0 Å². The predicted molar refractivity (Wildman–Crippen MR) is 72.2 cm³/mol. The fraction of sp³-hybridized carbons (Fsp3) is 1.00. The van der Waals surface area contributed by atoms with Gasteiger partial charge in [0, 0.05) is 19.2 Å². The van der Waals surface area contributed by atoms with Crippen LogP contribution >= 0.6 is 0 Å². The number of nitrogens with one attached hydrogen (secondary N) is 1. The van der Waals surface area contributed by atoms with E-state index in [1.165, 1.54) is 51.5 Å². The highest BCUT2D eigenvalue weighted by Crippen LogP contribution is 2.33. The average Bonchev–Trinajstić information content (AvgIpc) is 2.49. The molecule has 2 aliphatic rings. The Bertz CT molecular complexity index is 221. The van der Waals surface area contributed by atoms with Crippen LogP contribution in [0.25, 0.3) is 0 Å². The summed E-state index contributed by atoms with van der Waals surface area (Å²) in [5.41, 5.74) is 0.574. The van der Waals surface area contributed by atoms with Gasteiger partial charge in [0.25, 0.3) is 0 Å². The molecule has 1 aliphatic carbocycles. The zero-order valence-electron chi connectivity index (χ0n) is 11.6. The summed E-state index contributed by atoms with van der Waals surface area (Å²) in [6, 6.07) is 0.763. The zero-order chi connectivity index (χ0) is 12.1. The minimum absolute atomic E-state index is 0.574. The van der Waals surface area contributed by atoms with Gasteiger partial charge in [0.2, 0.25) is 0 Å². The van der Waals surface area contributed by atoms with Crippen LogP contribution < -0.4 is 5.32 Å². The van der Waals surface area contributed by atoms with E-state index in [4.69, 9.17) is 4.74 Å². The second-order valence-electron chi connectivity index (χ2n) is 6.78. The lowest BCUT2D eigenvalue weighted by Gasteiger charge is -2.26. The first-order valence-corrected chi connectivity index (χ1v) is 7.47. The molecule has 2 heteroatoms. The predicted octanol–water partition coefficient (Wildman–Crippen LogP) is 3.36. The number of ether oxygens (including phenoxy) is 1. The molecule has 100 valence electrons. The van der Waals surface area contributed by atoms with Crippen molar-refractivity contribution in [2.45, 2.75) is 64.8 Å². The second kappa shape index (κ2) is 6.19. The molecule has 0 aromatic heterocycles. The van der Waals surface area contributed by atoms with Crippen LogP contribution in [-0.2, 0) is 4.74 Å². The van der Waals surface area contributed by atoms with Crippen molar-refractivity contribution >= 4 is 0 Å². The Kier molecular flexibility index (Phi) is 4.87. The van der Waals surface area contributed by atoms with Gasteiger partial charge in [0.1, 0.15) is 0 Å². The molecule has 0 spiro atoms. The van der Waals surface area contributed by atoms with Crippen LogP contribution in [0.1, 0.15) is 58.8 Å². The molecule has 2 rings (SSSR count). The summed E-state index contributed by atoms with van der Waals surface area (Å²) >= 11 is 0. The number of hydrogen-bond donors (Lipinski definition) is 1. The lowest BCUT2D eigenvalue weighted by molar-refractivity contribution is 0.0535. The standard InChI is InChI=1S/C15H29NO/c1-15(2)8-3-6-14(7-9-15)16-11-13-5-4-10-17-12-13/h13-14,16H,3-12H2,1-2H3. The normalized spacial score (nSPS) is 34.2. The highest BCUT2D eigenvalue weighted by atomic mass is 16.5. The topological polar surface area (TPSA) is 21.3 Å². The Hall–Kier alpha value is -0.0800. The maximum Gasteiger partial charge on any atom is 0.0506 e. The first-order valence-electron chi connectivity index (χ1n) is 7.47. The van der Waals surface area contributed by atoms with Gasteiger partial charge in [-0.3, -0.25) is 0 Å². The Labute approximate surface area is 107 Å². The highest BCUT2D eigenvalue weighted by Gasteiger charge is 2.24. The Balaban J connectivity index is 1.68. The van der Waals surface area contributed by atoms with Crippen molar-refractivity contribution in [3.05, 3.63) is 0 Å². The molecule has 1 heterocycles. The van der Waals surface area contributed by atoms with Crippen molar-refractivity contribution in [2.75, 3.05) is 19.8 Å². The smallest absolute Gasteiger partial charge is 0.0506 e. The first kappa shape index (κ1) is 13.4. The van der Waals surface area contributed by atoms with E-state index < -0.39 is 0 Å². The average molecular weight is 239 g/mol. The summed E-state index contributed by atoms with van der Waals surface area (Å²) < 4.78 is 5.54. The third-order valence-corrected chi connectivity index (χ3v) is 4.53. The molecule has 1 aliphatic heterocycles. The summed E-state index contributed by atoms with van der Waals surface area (Å²) in [7, 11) is 0. The van der Waals surface area contributed by atoms with Gasteiger partial charge in [-0.2, -0.15) is 0 Å². The fourth-order valence-corrected chi connectivity index (χ4v) is 3.17. The van der Waals surface area contributed by atoms with Crippen LogP contribution in [0, 0.1) is 11.3 Å². The van der Waals surface area contributed by atoms with Crippen molar-refractivity contribution in [2.24, 2.45) is 11.3 Å². The molecule has 2 atom stereocenters. The molecule has 2 unspecified atom stereocenters. The van der Waals surface area contributed by atoms with Crippen LogP contribution in [0.2, 0.25) is 0 Å². The molecule has 1 N–H and O–H groups in total. The van der Waals surface area contributed by atoms with Crippen LogP contribution in [0.5, 0.6) is 0 Å². The zero-order valence-corrected chi connectivity index (χ0v) is 11.6. The van der Waals surface area contributed by atoms with Gasteiger partial charge in [-0.1, -0.05) is 20.3 Å². The quantitative estimate of drug-likeness (QED) is 0.763. The summed E-state index contributed by atoms with van der Waals surface area (Å²) in [6.07, 6.45) is 9.52. The van der Waals surface area contributed by atoms with Crippen LogP contribution in [-0.4, -0.2) is 25.8 Å². The highest BCUT2D eigenvalue weighted by molar-refractivity contribution is 4.80. The summed E-state index contributed by atoms with van der Waals surface area (Å²) in [4.78, 5) is 0. The van der Waals surface area contributed by atoms with E-state index in [0.29, 0.717) is 5.41 Å². The van der Waals surface area contributed by atoms with Gasteiger partial charge in [-0.15, -0.1) is 0 Å². The van der Waals surface area contributed by atoms with Gasteiger partial charge in [-0.05, 0) is 49.9 Å². The maximum absolute atomic E-state index is 5.54. The van der Waals surface area contributed by atoms with Crippen molar-refractivity contribution in [3.8, 4) is 0 Å². The van der Waals surface area contributed by atoms with E-state index in [2.05, 4.69) is 19.2 Å². The molecule has 2 nitrogen and oxygen atoms in total. The lowest BCUT2D eigenvalue weighted by atomic mass is 9.85. The van der Waals surface area contributed by atoms with Crippen LogP contribution in [0.4, 0.5) is 0 Å². The minimum atomic E-state index is 0.574. The molecule has 0 amide bonds. The van der Waals surface area contributed by atoms with Crippen molar-refractivity contribution < 1.29 is 4.74 Å². The molecule has 0 radical (unpaired) electrons. The van der Waals surface area contributed by atoms with Crippen LogP contribution in [0.3, 0.4) is 0 Å². The third-order valence-electron chi connectivity index (χ3n) is 4.53. The first-order chi connectivity index (χ1) is 8.16. The van der Waals surface area contributed by atoms with E-state index in [-0.39, 0.29) is 0 Å². The SMILES string of the molecule is CC1(C)CCCC(NCC2CCCOC2)CC1. The van der Waals surface area contributed by atoms with E-state index in [0.717, 1.165) is 25.2 Å². The van der Waals surface area contributed by atoms with Crippen molar-refractivity contribution in [3.63, 3.8) is 0 Å². The van der Waals surface area contributed by atoms with Gasteiger partial charge >= 0.3 is 0 Å². The van der Waals surface area contributed by atoms with Crippen LogP contribution in [0.15, 0.2) is 0 Å². The largest absolute Gasteiger partial charge is 0.381 e. The lowest BCUT2D eigenvalue weighted by Crippen LogP contribution is -2.36. The molecular formula is C15H29NO. The van der Waals surface area contributed by atoms with Crippen molar-refractivity contribution in [1.82, 2.24) is 5.32 Å².